The zero-order valence-corrected chi connectivity index (χ0v) is 12.3. The highest BCUT2D eigenvalue weighted by Crippen LogP contribution is 2.25. The van der Waals surface area contributed by atoms with Crippen LogP contribution in [-0.2, 0) is 16.6 Å². The largest absolute Gasteiger partial charge is 0.310 e. The first-order chi connectivity index (χ1) is 9.63. The fourth-order valence-electron chi connectivity index (χ4n) is 2.22. The summed E-state index contributed by atoms with van der Waals surface area (Å²) in [6.07, 6.45) is 7.60. The van der Waals surface area contributed by atoms with Crippen molar-refractivity contribution >= 4 is 10.0 Å². The van der Waals surface area contributed by atoms with E-state index in [4.69, 9.17) is 0 Å². The first kappa shape index (κ1) is 14.0. The van der Waals surface area contributed by atoms with E-state index in [2.05, 4.69) is 15.0 Å². The Morgan fingerprint density at radius 2 is 2.00 bits per heavy atom. The molecule has 2 N–H and O–H groups in total. The molecule has 5 nitrogen and oxygen atoms in total. The van der Waals surface area contributed by atoms with Gasteiger partial charge in [-0.1, -0.05) is 12.5 Å². The standard InChI is InChI=1S/C14H21N3O2S/c18-20(19,17-10-11-2-1-3-11)14-7-4-12(9-16-14)8-15-13-5-6-13/h4,7,9,11,13,15,17H,1-3,5-6,8,10H2. The van der Waals surface area contributed by atoms with Crippen LogP contribution in [0.4, 0.5) is 0 Å². The molecule has 0 amide bonds. The predicted octanol–water partition coefficient (Wildman–Crippen LogP) is 1.41. The van der Waals surface area contributed by atoms with Gasteiger partial charge in [0.15, 0.2) is 5.03 Å². The average molecular weight is 295 g/mol. The monoisotopic (exact) mass is 295 g/mol. The van der Waals surface area contributed by atoms with Gasteiger partial charge in [-0.3, -0.25) is 0 Å². The fourth-order valence-corrected chi connectivity index (χ4v) is 3.26. The Kier molecular flexibility index (Phi) is 4.05. The van der Waals surface area contributed by atoms with E-state index in [9.17, 15) is 8.42 Å². The number of pyridine rings is 1. The Morgan fingerprint density at radius 3 is 2.55 bits per heavy atom. The van der Waals surface area contributed by atoms with E-state index >= 15 is 0 Å². The van der Waals surface area contributed by atoms with Crippen molar-refractivity contribution in [3.63, 3.8) is 0 Å². The molecule has 6 heteroatoms. The summed E-state index contributed by atoms with van der Waals surface area (Å²) in [4.78, 5) is 4.08. The van der Waals surface area contributed by atoms with Crippen molar-refractivity contribution in [2.45, 2.75) is 49.7 Å². The quantitative estimate of drug-likeness (QED) is 0.798. The lowest BCUT2D eigenvalue weighted by atomic mass is 9.86. The van der Waals surface area contributed by atoms with Crippen LogP contribution in [0.1, 0.15) is 37.7 Å². The molecule has 2 fully saturated rings. The van der Waals surface area contributed by atoms with E-state index in [-0.39, 0.29) is 5.03 Å². The van der Waals surface area contributed by atoms with Gasteiger partial charge in [-0.2, -0.15) is 0 Å². The van der Waals surface area contributed by atoms with Crippen molar-refractivity contribution in [2.75, 3.05) is 6.54 Å². The summed E-state index contributed by atoms with van der Waals surface area (Å²) in [5.74, 6) is 0.506. The van der Waals surface area contributed by atoms with Crippen molar-refractivity contribution < 1.29 is 8.42 Å². The van der Waals surface area contributed by atoms with Crippen LogP contribution < -0.4 is 10.0 Å². The summed E-state index contributed by atoms with van der Waals surface area (Å²) < 4.78 is 26.8. The van der Waals surface area contributed by atoms with Crippen molar-refractivity contribution in [3.8, 4) is 0 Å². The molecule has 110 valence electrons. The predicted molar refractivity (Wildman–Crippen MR) is 76.6 cm³/mol. The zero-order valence-electron chi connectivity index (χ0n) is 11.5. The second-order valence-electron chi connectivity index (χ2n) is 5.81. The summed E-state index contributed by atoms with van der Waals surface area (Å²) in [6.45, 7) is 1.29. The van der Waals surface area contributed by atoms with Crippen LogP contribution in [0, 0.1) is 5.92 Å². The number of hydrogen-bond acceptors (Lipinski definition) is 4. The van der Waals surface area contributed by atoms with Gasteiger partial charge >= 0.3 is 0 Å². The van der Waals surface area contributed by atoms with Gasteiger partial charge in [0.2, 0.25) is 0 Å². The van der Waals surface area contributed by atoms with E-state index in [1.54, 1.807) is 12.3 Å². The number of rotatable bonds is 7. The summed E-state index contributed by atoms with van der Waals surface area (Å²) in [6, 6.07) is 4.07. The summed E-state index contributed by atoms with van der Waals surface area (Å²) in [5.41, 5.74) is 1.02. The molecule has 0 atom stereocenters. The second-order valence-corrected chi connectivity index (χ2v) is 7.52. The highest BCUT2D eigenvalue weighted by atomic mass is 32.2. The maximum Gasteiger partial charge on any atom is 0.258 e. The molecule has 1 aromatic heterocycles. The van der Waals surface area contributed by atoms with Gasteiger partial charge in [0.05, 0.1) is 0 Å². The Balaban J connectivity index is 1.56. The van der Waals surface area contributed by atoms with Crippen molar-refractivity contribution in [2.24, 2.45) is 5.92 Å². The van der Waals surface area contributed by atoms with Gasteiger partial charge in [-0.05, 0) is 43.2 Å². The molecule has 0 radical (unpaired) electrons. The number of nitrogens with one attached hydrogen (secondary N) is 2. The Bertz CT molecular complexity index is 548. The topological polar surface area (TPSA) is 71.1 Å². The SMILES string of the molecule is O=S(=O)(NCC1CCC1)c1ccc(CNC2CC2)cn1. The molecule has 2 saturated carbocycles. The van der Waals surface area contributed by atoms with Crippen LogP contribution in [0.15, 0.2) is 23.4 Å². The van der Waals surface area contributed by atoms with Crippen LogP contribution in [0.3, 0.4) is 0 Å². The molecule has 0 unspecified atom stereocenters. The van der Waals surface area contributed by atoms with Gasteiger partial charge in [0.1, 0.15) is 0 Å². The molecule has 0 spiro atoms. The number of hydrogen-bond donors (Lipinski definition) is 2. The van der Waals surface area contributed by atoms with Crippen molar-refractivity contribution in [3.05, 3.63) is 23.9 Å². The minimum Gasteiger partial charge on any atom is -0.310 e. The van der Waals surface area contributed by atoms with E-state index in [1.165, 1.54) is 19.3 Å². The highest BCUT2D eigenvalue weighted by molar-refractivity contribution is 7.89. The third kappa shape index (κ3) is 3.56. The van der Waals surface area contributed by atoms with E-state index in [0.717, 1.165) is 24.9 Å². The highest BCUT2D eigenvalue weighted by Gasteiger charge is 2.22. The number of sulfonamides is 1. The van der Waals surface area contributed by atoms with Crippen molar-refractivity contribution in [1.29, 1.82) is 0 Å². The normalized spacial score (nSPS) is 19.8. The fraction of sp³-hybridized carbons (Fsp3) is 0.643. The third-order valence-electron chi connectivity index (χ3n) is 4.03. The summed E-state index contributed by atoms with van der Waals surface area (Å²) in [7, 11) is -3.45. The molecule has 1 heterocycles. The molecule has 0 saturated heterocycles. The maximum atomic E-state index is 12.1. The number of nitrogens with zero attached hydrogens (tertiary/aromatic N) is 1. The summed E-state index contributed by atoms with van der Waals surface area (Å²) >= 11 is 0. The first-order valence-electron chi connectivity index (χ1n) is 7.31. The second kappa shape index (κ2) is 5.79. The molecule has 2 aliphatic rings. The minimum atomic E-state index is -3.45. The minimum absolute atomic E-state index is 0.118. The Labute approximate surface area is 120 Å². The van der Waals surface area contributed by atoms with Crippen molar-refractivity contribution in [1.82, 2.24) is 15.0 Å². The number of aromatic nitrogens is 1. The van der Waals surface area contributed by atoms with Crippen LogP contribution >= 0.6 is 0 Å². The average Bonchev–Trinajstić information content (AvgIpc) is 3.19. The molecule has 2 aliphatic carbocycles. The van der Waals surface area contributed by atoms with E-state index in [0.29, 0.717) is 18.5 Å². The first-order valence-corrected chi connectivity index (χ1v) is 8.80. The smallest absolute Gasteiger partial charge is 0.258 e. The zero-order chi connectivity index (χ0) is 14.0. The maximum absolute atomic E-state index is 12.1. The summed E-state index contributed by atoms with van der Waals surface area (Å²) in [5, 5.41) is 3.50. The molecule has 1 aromatic rings. The van der Waals surface area contributed by atoms with E-state index < -0.39 is 10.0 Å². The van der Waals surface area contributed by atoms with Crippen LogP contribution in [0.2, 0.25) is 0 Å². The van der Waals surface area contributed by atoms with Gasteiger partial charge in [0.25, 0.3) is 10.0 Å². The molecule has 0 aliphatic heterocycles. The molecular formula is C14H21N3O2S. The molecule has 0 bridgehead atoms. The Hall–Kier alpha value is -0.980. The van der Waals surface area contributed by atoms with Gasteiger partial charge in [-0.25, -0.2) is 18.1 Å². The third-order valence-corrected chi connectivity index (χ3v) is 5.37. The lowest BCUT2D eigenvalue weighted by Gasteiger charge is -2.25. The van der Waals surface area contributed by atoms with Crippen LogP contribution in [0.25, 0.3) is 0 Å². The molecule has 0 aromatic carbocycles. The molecule has 3 rings (SSSR count). The van der Waals surface area contributed by atoms with Gasteiger partial charge in [-0.15, -0.1) is 0 Å². The van der Waals surface area contributed by atoms with Gasteiger partial charge < -0.3 is 5.32 Å². The van der Waals surface area contributed by atoms with Crippen LogP contribution in [0.5, 0.6) is 0 Å². The van der Waals surface area contributed by atoms with Gasteiger partial charge in [0, 0.05) is 25.3 Å². The van der Waals surface area contributed by atoms with Crippen LogP contribution in [-0.4, -0.2) is 26.0 Å². The Morgan fingerprint density at radius 1 is 1.20 bits per heavy atom. The lowest BCUT2D eigenvalue weighted by molar-refractivity contribution is 0.316. The molecule has 20 heavy (non-hydrogen) atoms. The molecular weight excluding hydrogens is 274 g/mol. The van der Waals surface area contributed by atoms with E-state index in [1.807, 2.05) is 6.07 Å². The lowest BCUT2D eigenvalue weighted by Crippen LogP contribution is -2.32.